The molecule has 0 heterocycles. The van der Waals surface area contributed by atoms with E-state index in [-0.39, 0.29) is 29.6 Å². The van der Waals surface area contributed by atoms with Crippen LogP contribution in [-0.2, 0) is 10.2 Å². The van der Waals surface area contributed by atoms with E-state index in [2.05, 4.69) is 11.4 Å². The molecule has 1 aliphatic rings. The Balaban J connectivity index is 0.00000220. The highest BCUT2D eigenvalue weighted by Crippen LogP contribution is 2.41. The van der Waals surface area contributed by atoms with Gasteiger partial charge in [-0.05, 0) is 30.5 Å². The summed E-state index contributed by atoms with van der Waals surface area (Å²) in [6.45, 7) is 2.92. The van der Waals surface area contributed by atoms with Gasteiger partial charge in [0, 0.05) is 29.4 Å². The average molecular weight is 331 g/mol. The lowest BCUT2D eigenvalue weighted by Gasteiger charge is -2.30. The van der Waals surface area contributed by atoms with E-state index in [4.69, 9.17) is 17.3 Å². The third kappa shape index (κ3) is 4.35. The zero-order valence-corrected chi connectivity index (χ0v) is 14.0. The second-order valence-electron chi connectivity index (χ2n) is 5.85. The maximum Gasteiger partial charge on any atom is 0.224 e. The van der Waals surface area contributed by atoms with E-state index < -0.39 is 0 Å². The topological polar surface area (TPSA) is 55.1 Å². The molecule has 1 aromatic carbocycles. The van der Waals surface area contributed by atoms with Crippen molar-refractivity contribution in [2.45, 2.75) is 38.0 Å². The van der Waals surface area contributed by atoms with Crippen LogP contribution in [0.5, 0.6) is 0 Å². The lowest BCUT2D eigenvalue weighted by atomic mass is 9.78. The number of benzene rings is 1. The first kappa shape index (κ1) is 18.3. The van der Waals surface area contributed by atoms with Gasteiger partial charge < -0.3 is 11.1 Å². The van der Waals surface area contributed by atoms with E-state index in [1.165, 1.54) is 18.4 Å². The molecule has 1 fully saturated rings. The zero-order valence-electron chi connectivity index (χ0n) is 12.4. The standard InChI is InChI=1S/C16H23ClN2O.ClH/c1-12(10-18)15(20)19-11-16(7-2-3-8-16)13-5-4-6-14(17)9-13;/h4-6,9,12H,2-3,7-8,10-11,18H2,1H3,(H,19,20);1H. The molecule has 3 N–H and O–H groups in total. The molecule has 0 saturated heterocycles. The van der Waals surface area contributed by atoms with Crippen LogP contribution in [0.2, 0.25) is 5.02 Å². The highest BCUT2D eigenvalue weighted by atomic mass is 35.5. The first-order valence-corrected chi connectivity index (χ1v) is 7.69. The number of nitrogens with one attached hydrogen (secondary N) is 1. The number of carbonyl (C=O) groups excluding carboxylic acids is 1. The second kappa shape index (κ2) is 8.02. The SMILES string of the molecule is CC(CN)C(=O)NCC1(c2cccc(Cl)c2)CCCC1.Cl. The van der Waals surface area contributed by atoms with Gasteiger partial charge >= 0.3 is 0 Å². The van der Waals surface area contributed by atoms with Crippen LogP contribution in [-0.4, -0.2) is 19.0 Å². The average Bonchev–Trinajstić information content (AvgIpc) is 2.94. The van der Waals surface area contributed by atoms with Crippen LogP contribution in [0.15, 0.2) is 24.3 Å². The maximum absolute atomic E-state index is 12.0. The van der Waals surface area contributed by atoms with Crippen LogP contribution in [0.25, 0.3) is 0 Å². The Labute approximate surface area is 138 Å². The second-order valence-corrected chi connectivity index (χ2v) is 6.29. The van der Waals surface area contributed by atoms with Crippen molar-refractivity contribution in [3.8, 4) is 0 Å². The van der Waals surface area contributed by atoms with Gasteiger partial charge in [0.2, 0.25) is 5.91 Å². The van der Waals surface area contributed by atoms with E-state index >= 15 is 0 Å². The lowest BCUT2D eigenvalue weighted by molar-refractivity contribution is -0.124. The van der Waals surface area contributed by atoms with Gasteiger partial charge in [0.15, 0.2) is 0 Å². The maximum atomic E-state index is 12.0. The lowest BCUT2D eigenvalue weighted by Crippen LogP contribution is -2.42. The molecule has 0 aromatic heterocycles. The van der Waals surface area contributed by atoms with Crippen LogP contribution in [0.3, 0.4) is 0 Å². The normalized spacial score (nSPS) is 17.9. The van der Waals surface area contributed by atoms with Crippen molar-refractivity contribution in [1.29, 1.82) is 0 Å². The Morgan fingerprint density at radius 2 is 2.10 bits per heavy atom. The molecule has 0 bridgehead atoms. The minimum Gasteiger partial charge on any atom is -0.355 e. The summed E-state index contributed by atoms with van der Waals surface area (Å²) >= 11 is 6.12. The largest absolute Gasteiger partial charge is 0.355 e. The smallest absolute Gasteiger partial charge is 0.224 e. The molecule has 1 aromatic rings. The fourth-order valence-electron chi connectivity index (χ4n) is 2.98. The first-order chi connectivity index (χ1) is 9.57. The van der Waals surface area contributed by atoms with Crippen molar-refractivity contribution in [2.75, 3.05) is 13.1 Å². The molecule has 0 spiro atoms. The quantitative estimate of drug-likeness (QED) is 0.870. The Morgan fingerprint density at radius 3 is 2.67 bits per heavy atom. The summed E-state index contributed by atoms with van der Waals surface area (Å²) in [5.74, 6) is -0.0892. The summed E-state index contributed by atoms with van der Waals surface area (Å²) in [4.78, 5) is 12.0. The first-order valence-electron chi connectivity index (χ1n) is 7.31. The molecule has 21 heavy (non-hydrogen) atoms. The molecule has 1 aliphatic carbocycles. The van der Waals surface area contributed by atoms with Gasteiger partial charge in [-0.25, -0.2) is 0 Å². The number of hydrogen-bond donors (Lipinski definition) is 2. The van der Waals surface area contributed by atoms with E-state index in [0.29, 0.717) is 13.1 Å². The Morgan fingerprint density at radius 1 is 1.43 bits per heavy atom. The summed E-state index contributed by atoms with van der Waals surface area (Å²) in [5.41, 5.74) is 6.82. The van der Waals surface area contributed by atoms with Crippen molar-refractivity contribution < 1.29 is 4.79 Å². The summed E-state index contributed by atoms with van der Waals surface area (Å²) < 4.78 is 0. The van der Waals surface area contributed by atoms with E-state index in [9.17, 15) is 4.79 Å². The number of amides is 1. The molecule has 1 unspecified atom stereocenters. The van der Waals surface area contributed by atoms with Gasteiger partial charge in [0.1, 0.15) is 0 Å². The van der Waals surface area contributed by atoms with Crippen LogP contribution in [0, 0.1) is 5.92 Å². The Kier molecular flexibility index (Phi) is 6.98. The number of carbonyl (C=O) groups is 1. The van der Waals surface area contributed by atoms with Crippen LogP contribution < -0.4 is 11.1 Å². The fraction of sp³-hybridized carbons (Fsp3) is 0.562. The van der Waals surface area contributed by atoms with E-state index in [1.807, 2.05) is 25.1 Å². The molecule has 0 radical (unpaired) electrons. The third-order valence-corrected chi connectivity index (χ3v) is 4.63. The number of rotatable bonds is 5. The van der Waals surface area contributed by atoms with E-state index in [0.717, 1.165) is 17.9 Å². The molecule has 1 amide bonds. The highest BCUT2D eigenvalue weighted by molar-refractivity contribution is 6.30. The zero-order chi connectivity index (χ0) is 14.6. The molecule has 118 valence electrons. The number of hydrogen-bond acceptors (Lipinski definition) is 2. The van der Waals surface area contributed by atoms with Crippen LogP contribution >= 0.6 is 24.0 Å². The van der Waals surface area contributed by atoms with Crippen LogP contribution in [0.1, 0.15) is 38.2 Å². The van der Waals surface area contributed by atoms with Gasteiger partial charge in [-0.2, -0.15) is 0 Å². The van der Waals surface area contributed by atoms with Crippen molar-refractivity contribution in [2.24, 2.45) is 11.7 Å². The third-order valence-electron chi connectivity index (χ3n) is 4.40. The molecular weight excluding hydrogens is 307 g/mol. The molecule has 3 nitrogen and oxygen atoms in total. The molecule has 1 atom stereocenters. The molecule has 5 heteroatoms. The predicted octanol–water partition coefficient (Wildman–Crippen LogP) is 3.28. The van der Waals surface area contributed by atoms with Gasteiger partial charge in [0.05, 0.1) is 0 Å². The van der Waals surface area contributed by atoms with Gasteiger partial charge in [-0.15, -0.1) is 12.4 Å². The van der Waals surface area contributed by atoms with Crippen molar-refractivity contribution in [3.63, 3.8) is 0 Å². The predicted molar refractivity (Wildman–Crippen MR) is 90.1 cm³/mol. The van der Waals surface area contributed by atoms with Crippen molar-refractivity contribution in [1.82, 2.24) is 5.32 Å². The summed E-state index contributed by atoms with van der Waals surface area (Å²) in [7, 11) is 0. The van der Waals surface area contributed by atoms with Crippen molar-refractivity contribution >= 4 is 29.9 Å². The van der Waals surface area contributed by atoms with E-state index in [1.54, 1.807) is 0 Å². The minimum atomic E-state index is -0.132. The molecule has 0 aliphatic heterocycles. The summed E-state index contributed by atoms with van der Waals surface area (Å²) in [6.07, 6.45) is 4.61. The minimum absolute atomic E-state index is 0. The molecule has 2 rings (SSSR count). The fourth-order valence-corrected chi connectivity index (χ4v) is 3.17. The monoisotopic (exact) mass is 330 g/mol. The Hall–Kier alpha value is -0.770. The van der Waals surface area contributed by atoms with Gasteiger partial charge in [-0.3, -0.25) is 4.79 Å². The number of halogens is 2. The highest BCUT2D eigenvalue weighted by Gasteiger charge is 2.36. The van der Waals surface area contributed by atoms with Gasteiger partial charge in [0.25, 0.3) is 0 Å². The number of nitrogens with two attached hydrogens (primary N) is 1. The van der Waals surface area contributed by atoms with Crippen molar-refractivity contribution in [3.05, 3.63) is 34.9 Å². The summed E-state index contributed by atoms with van der Waals surface area (Å²) in [5, 5.41) is 3.83. The molecule has 1 saturated carbocycles. The summed E-state index contributed by atoms with van der Waals surface area (Å²) in [6, 6.07) is 8.03. The van der Waals surface area contributed by atoms with Gasteiger partial charge in [-0.1, -0.05) is 43.5 Å². The van der Waals surface area contributed by atoms with Crippen LogP contribution in [0.4, 0.5) is 0 Å². The Bertz CT molecular complexity index is 473. The molecular formula is C16H24Cl2N2O.